The molecule has 0 aliphatic rings. The number of anilines is 1. The van der Waals surface area contributed by atoms with Gasteiger partial charge in [-0.1, -0.05) is 29.8 Å². The van der Waals surface area contributed by atoms with Crippen LogP contribution in [0, 0.1) is 0 Å². The molecule has 2 aromatic carbocycles. The van der Waals surface area contributed by atoms with E-state index in [9.17, 15) is 4.79 Å². The lowest BCUT2D eigenvalue weighted by Gasteiger charge is -2.07. The highest BCUT2D eigenvalue weighted by Gasteiger charge is 2.07. The van der Waals surface area contributed by atoms with Crippen molar-refractivity contribution < 1.29 is 4.79 Å². The van der Waals surface area contributed by atoms with Gasteiger partial charge in [0, 0.05) is 21.9 Å². The lowest BCUT2D eigenvalue weighted by molar-refractivity contribution is -0.115. The van der Waals surface area contributed by atoms with E-state index in [1.165, 1.54) is 0 Å². The van der Waals surface area contributed by atoms with Gasteiger partial charge in [-0.15, -0.1) is 0 Å². The van der Waals surface area contributed by atoms with Crippen LogP contribution in [0.25, 0.3) is 11.1 Å². The molecule has 6 heteroatoms. The second-order valence-electron chi connectivity index (χ2n) is 5.04. The zero-order chi connectivity index (χ0) is 16.2. The first-order valence-corrected chi connectivity index (χ1v) is 8.12. The largest absolute Gasteiger partial charge is 0.326 e. The molecule has 23 heavy (non-hydrogen) atoms. The number of halogens is 2. The molecule has 0 radical (unpaired) electrons. The first-order valence-electron chi connectivity index (χ1n) is 6.95. The van der Waals surface area contributed by atoms with Crippen LogP contribution in [0.3, 0.4) is 0 Å². The average molecular weight is 391 g/mol. The zero-order valence-electron chi connectivity index (χ0n) is 12.0. The molecule has 2 N–H and O–H groups in total. The third kappa shape index (κ3) is 4.00. The topological polar surface area (TPSA) is 57.8 Å². The molecular formula is C17H13BrClN3O. The molecule has 0 aliphatic heterocycles. The summed E-state index contributed by atoms with van der Waals surface area (Å²) in [7, 11) is 0. The third-order valence-electron chi connectivity index (χ3n) is 3.33. The molecule has 3 rings (SSSR count). The standard InChI is InChI=1S/C17H13BrClN3O/c18-15-5-4-11(6-16(15)19)7-17(23)22-14-3-1-2-12(8-14)13-9-20-21-10-13/h1-6,8-10H,7H2,(H,20,21)(H,22,23). The molecule has 1 aromatic heterocycles. The lowest BCUT2D eigenvalue weighted by atomic mass is 10.1. The first-order chi connectivity index (χ1) is 11.1. The summed E-state index contributed by atoms with van der Waals surface area (Å²) >= 11 is 9.38. The van der Waals surface area contributed by atoms with E-state index < -0.39 is 0 Å². The van der Waals surface area contributed by atoms with Crippen molar-refractivity contribution in [2.24, 2.45) is 0 Å². The highest BCUT2D eigenvalue weighted by atomic mass is 79.9. The van der Waals surface area contributed by atoms with Crippen LogP contribution in [0.15, 0.2) is 59.3 Å². The second kappa shape index (κ2) is 6.98. The van der Waals surface area contributed by atoms with Crippen LogP contribution in [0.2, 0.25) is 5.02 Å². The summed E-state index contributed by atoms with van der Waals surface area (Å²) in [5.74, 6) is -0.0901. The maximum atomic E-state index is 12.2. The van der Waals surface area contributed by atoms with Crippen LogP contribution in [-0.2, 0) is 11.2 Å². The average Bonchev–Trinajstić information content (AvgIpc) is 3.05. The van der Waals surface area contributed by atoms with Crippen LogP contribution in [0.1, 0.15) is 5.56 Å². The minimum Gasteiger partial charge on any atom is -0.326 e. The quantitative estimate of drug-likeness (QED) is 0.680. The monoisotopic (exact) mass is 389 g/mol. The van der Waals surface area contributed by atoms with Gasteiger partial charge in [-0.25, -0.2) is 0 Å². The van der Waals surface area contributed by atoms with Crippen LogP contribution in [0.5, 0.6) is 0 Å². The Morgan fingerprint density at radius 2 is 2.09 bits per heavy atom. The minimum absolute atomic E-state index is 0.0901. The van der Waals surface area contributed by atoms with Gasteiger partial charge in [-0.05, 0) is 51.3 Å². The van der Waals surface area contributed by atoms with E-state index in [1.807, 2.05) is 42.6 Å². The summed E-state index contributed by atoms with van der Waals surface area (Å²) < 4.78 is 0.816. The number of nitrogens with zero attached hydrogens (tertiary/aromatic N) is 1. The van der Waals surface area contributed by atoms with Gasteiger partial charge >= 0.3 is 0 Å². The lowest BCUT2D eigenvalue weighted by Crippen LogP contribution is -2.14. The van der Waals surface area contributed by atoms with Crippen molar-refractivity contribution in [2.45, 2.75) is 6.42 Å². The van der Waals surface area contributed by atoms with Gasteiger partial charge in [0.25, 0.3) is 0 Å². The van der Waals surface area contributed by atoms with E-state index in [4.69, 9.17) is 11.6 Å². The zero-order valence-corrected chi connectivity index (χ0v) is 14.4. The van der Waals surface area contributed by atoms with E-state index in [2.05, 4.69) is 31.4 Å². The van der Waals surface area contributed by atoms with Gasteiger partial charge < -0.3 is 5.32 Å². The number of aromatic amines is 1. The third-order valence-corrected chi connectivity index (χ3v) is 4.56. The van der Waals surface area contributed by atoms with Crippen molar-refractivity contribution in [1.82, 2.24) is 10.2 Å². The van der Waals surface area contributed by atoms with Crippen LogP contribution in [-0.4, -0.2) is 16.1 Å². The Kier molecular flexibility index (Phi) is 4.79. The second-order valence-corrected chi connectivity index (χ2v) is 6.30. The van der Waals surface area contributed by atoms with Crippen molar-refractivity contribution >= 4 is 39.1 Å². The molecule has 0 unspecified atom stereocenters. The molecule has 0 saturated heterocycles. The van der Waals surface area contributed by atoms with Crippen molar-refractivity contribution in [1.29, 1.82) is 0 Å². The van der Waals surface area contributed by atoms with Gasteiger partial charge in [0.2, 0.25) is 5.91 Å². The number of H-pyrrole nitrogens is 1. The number of carbonyl (C=O) groups excluding carboxylic acids is 1. The number of aromatic nitrogens is 2. The van der Waals surface area contributed by atoms with Gasteiger partial charge in [-0.2, -0.15) is 5.10 Å². The number of rotatable bonds is 4. The van der Waals surface area contributed by atoms with E-state index in [1.54, 1.807) is 12.3 Å². The van der Waals surface area contributed by atoms with E-state index in [0.29, 0.717) is 5.02 Å². The molecule has 1 amide bonds. The van der Waals surface area contributed by atoms with Crippen LogP contribution < -0.4 is 5.32 Å². The summed E-state index contributed by atoms with van der Waals surface area (Å²) in [6, 6.07) is 13.1. The molecule has 0 fully saturated rings. The first kappa shape index (κ1) is 15.8. The summed E-state index contributed by atoms with van der Waals surface area (Å²) in [6.07, 6.45) is 3.82. The number of carbonyl (C=O) groups is 1. The van der Waals surface area contributed by atoms with E-state index in [0.717, 1.165) is 26.9 Å². The highest BCUT2D eigenvalue weighted by molar-refractivity contribution is 9.10. The molecule has 3 aromatic rings. The Bertz CT molecular complexity index is 834. The van der Waals surface area contributed by atoms with Crippen molar-refractivity contribution in [3.05, 3.63) is 69.9 Å². The fourth-order valence-corrected chi connectivity index (χ4v) is 2.68. The number of benzene rings is 2. The summed E-state index contributed by atoms with van der Waals surface area (Å²) in [5.41, 5.74) is 3.57. The predicted molar refractivity (Wildman–Crippen MR) is 95.5 cm³/mol. The summed E-state index contributed by atoms with van der Waals surface area (Å²) in [6.45, 7) is 0. The smallest absolute Gasteiger partial charge is 0.228 e. The predicted octanol–water partition coefficient (Wildman–Crippen LogP) is 4.67. The number of hydrogen-bond acceptors (Lipinski definition) is 2. The van der Waals surface area contributed by atoms with Crippen molar-refractivity contribution in [2.75, 3.05) is 5.32 Å². The molecule has 0 bridgehead atoms. The van der Waals surface area contributed by atoms with Gasteiger partial charge in [0.05, 0.1) is 17.6 Å². The molecule has 0 atom stereocenters. The molecule has 0 aliphatic carbocycles. The van der Waals surface area contributed by atoms with Crippen molar-refractivity contribution in [3.8, 4) is 11.1 Å². The Labute approximate surface area is 147 Å². The van der Waals surface area contributed by atoms with Gasteiger partial charge in [0.1, 0.15) is 0 Å². The Hall–Kier alpha value is -2.11. The van der Waals surface area contributed by atoms with Gasteiger partial charge in [-0.3, -0.25) is 9.89 Å². The van der Waals surface area contributed by atoms with E-state index >= 15 is 0 Å². The maximum absolute atomic E-state index is 12.2. The molecule has 0 saturated carbocycles. The minimum atomic E-state index is -0.0901. The summed E-state index contributed by atoms with van der Waals surface area (Å²) in [4.78, 5) is 12.2. The number of hydrogen-bond donors (Lipinski definition) is 2. The van der Waals surface area contributed by atoms with Crippen LogP contribution >= 0.6 is 27.5 Å². The normalized spacial score (nSPS) is 10.5. The number of nitrogens with one attached hydrogen (secondary N) is 2. The van der Waals surface area contributed by atoms with E-state index in [-0.39, 0.29) is 12.3 Å². The molecular weight excluding hydrogens is 378 g/mol. The molecule has 1 heterocycles. The fraction of sp³-hybridized carbons (Fsp3) is 0.0588. The Balaban J connectivity index is 1.70. The maximum Gasteiger partial charge on any atom is 0.228 e. The fourth-order valence-electron chi connectivity index (χ4n) is 2.23. The summed E-state index contributed by atoms with van der Waals surface area (Å²) in [5, 5.41) is 10.2. The molecule has 0 spiro atoms. The SMILES string of the molecule is O=C(Cc1ccc(Br)c(Cl)c1)Nc1cccc(-c2cn[nH]c2)c1. The van der Waals surface area contributed by atoms with Crippen molar-refractivity contribution in [3.63, 3.8) is 0 Å². The van der Waals surface area contributed by atoms with Gasteiger partial charge in [0.15, 0.2) is 0 Å². The molecule has 116 valence electrons. The molecule has 4 nitrogen and oxygen atoms in total. The number of amides is 1. The Morgan fingerprint density at radius 3 is 2.83 bits per heavy atom. The van der Waals surface area contributed by atoms with Crippen LogP contribution in [0.4, 0.5) is 5.69 Å². The highest BCUT2D eigenvalue weighted by Crippen LogP contribution is 2.24. The Morgan fingerprint density at radius 1 is 1.22 bits per heavy atom.